The van der Waals surface area contributed by atoms with Crippen LogP contribution in [0.25, 0.3) is 10.8 Å². The van der Waals surface area contributed by atoms with Crippen molar-refractivity contribution in [2.75, 3.05) is 18.4 Å². The van der Waals surface area contributed by atoms with Crippen LogP contribution in [0.5, 0.6) is 0 Å². The summed E-state index contributed by atoms with van der Waals surface area (Å²) in [5, 5.41) is 12.4. The molecule has 2 aliphatic rings. The maximum Gasteiger partial charge on any atom is 0.296 e. The second-order valence-corrected chi connectivity index (χ2v) is 6.03. The van der Waals surface area contributed by atoms with E-state index in [4.69, 9.17) is 0 Å². The lowest BCUT2D eigenvalue weighted by Gasteiger charge is -2.31. The minimum Gasteiger partial charge on any atom is -0.376 e. The zero-order valence-corrected chi connectivity index (χ0v) is 12.4. The predicted molar refractivity (Wildman–Crippen MR) is 82.3 cm³/mol. The molecule has 0 saturated heterocycles. The van der Waals surface area contributed by atoms with Crippen LogP contribution in [0.1, 0.15) is 37.1 Å². The first-order valence-corrected chi connectivity index (χ1v) is 7.69. The van der Waals surface area contributed by atoms with Crippen molar-refractivity contribution < 1.29 is 4.39 Å². The molecular weight excluding hydrogens is 283 g/mol. The highest BCUT2D eigenvalue weighted by Gasteiger charge is 2.33. The largest absolute Gasteiger partial charge is 0.376 e. The molecule has 114 valence electrons. The summed E-state index contributed by atoms with van der Waals surface area (Å²) in [6, 6.07) is 2.78. The molecule has 0 fully saturated rings. The molecule has 0 saturated carbocycles. The van der Waals surface area contributed by atoms with Gasteiger partial charge in [0.2, 0.25) is 0 Å². The minimum absolute atomic E-state index is 0.0565. The van der Waals surface area contributed by atoms with Crippen molar-refractivity contribution in [3.8, 4) is 0 Å². The van der Waals surface area contributed by atoms with Gasteiger partial charge in [-0.2, -0.15) is 0 Å². The molecule has 1 N–H and O–H groups in total. The highest BCUT2D eigenvalue weighted by Crippen LogP contribution is 2.42. The lowest BCUT2D eigenvalue weighted by molar-refractivity contribution is 0.231. The summed E-state index contributed by atoms with van der Waals surface area (Å²) in [6.07, 6.45) is 2.26. The van der Waals surface area contributed by atoms with E-state index in [1.165, 1.54) is 12.1 Å². The molecule has 4 rings (SSSR count). The Morgan fingerprint density at radius 1 is 1.41 bits per heavy atom. The molecule has 0 radical (unpaired) electrons. The van der Waals surface area contributed by atoms with Gasteiger partial charge in [-0.3, -0.25) is 9.69 Å². The van der Waals surface area contributed by atoms with Crippen LogP contribution in [0, 0.1) is 5.82 Å². The number of hydrogen-bond donors (Lipinski definition) is 1. The zero-order valence-electron chi connectivity index (χ0n) is 12.4. The van der Waals surface area contributed by atoms with Crippen LogP contribution >= 0.6 is 0 Å². The third-order valence-corrected chi connectivity index (χ3v) is 4.50. The van der Waals surface area contributed by atoms with E-state index < -0.39 is 11.4 Å². The summed E-state index contributed by atoms with van der Waals surface area (Å²) in [6.45, 7) is 4.70. The third-order valence-electron chi connectivity index (χ3n) is 4.50. The van der Waals surface area contributed by atoms with E-state index in [-0.39, 0.29) is 6.04 Å². The van der Waals surface area contributed by atoms with Gasteiger partial charge in [-0.1, -0.05) is 13.3 Å². The zero-order chi connectivity index (χ0) is 15.3. The Labute approximate surface area is 127 Å². The summed E-state index contributed by atoms with van der Waals surface area (Å²) >= 11 is 0. The molecule has 1 aromatic carbocycles. The van der Waals surface area contributed by atoms with Crippen molar-refractivity contribution in [2.45, 2.75) is 32.4 Å². The monoisotopic (exact) mass is 300 g/mol. The van der Waals surface area contributed by atoms with Crippen LogP contribution in [0.3, 0.4) is 0 Å². The standard InChI is InChI=1S/C16H17FN4O/c1-2-3-4-21-7-12-15-13(8-21)19-20-16(22)10-5-9(17)6-11(18-12)14(10)15/h5-6,12,18H,2-4,7-8H2,1H3. The Kier molecular flexibility index (Phi) is 3.07. The number of unbranched alkanes of at least 4 members (excludes halogenated alkanes) is 1. The summed E-state index contributed by atoms with van der Waals surface area (Å²) in [7, 11) is 0. The van der Waals surface area contributed by atoms with Gasteiger partial charge in [0, 0.05) is 29.7 Å². The molecule has 0 aliphatic carbocycles. The third kappa shape index (κ3) is 1.98. The van der Waals surface area contributed by atoms with Crippen LogP contribution in [-0.4, -0.2) is 28.2 Å². The quantitative estimate of drug-likeness (QED) is 0.942. The Hall–Kier alpha value is -2.08. The van der Waals surface area contributed by atoms with Crippen molar-refractivity contribution in [1.82, 2.24) is 15.1 Å². The molecule has 22 heavy (non-hydrogen) atoms. The van der Waals surface area contributed by atoms with Gasteiger partial charge in [0.05, 0.1) is 17.1 Å². The molecule has 2 aliphatic heterocycles. The second kappa shape index (κ2) is 4.98. The first-order chi connectivity index (χ1) is 10.7. The molecule has 2 aromatic rings. The Morgan fingerprint density at radius 2 is 2.27 bits per heavy atom. The molecular formula is C16H17FN4O. The molecule has 6 heteroatoms. The van der Waals surface area contributed by atoms with Gasteiger partial charge in [0.25, 0.3) is 5.56 Å². The fourth-order valence-electron chi connectivity index (χ4n) is 3.51. The van der Waals surface area contributed by atoms with E-state index in [1.807, 2.05) is 0 Å². The number of nitrogens with one attached hydrogen (secondary N) is 1. The van der Waals surface area contributed by atoms with Gasteiger partial charge in [-0.15, -0.1) is 10.2 Å². The first kappa shape index (κ1) is 13.6. The molecule has 5 nitrogen and oxygen atoms in total. The fraction of sp³-hybridized carbons (Fsp3) is 0.438. The molecule has 0 spiro atoms. The van der Waals surface area contributed by atoms with Gasteiger partial charge in [0.15, 0.2) is 0 Å². The normalized spacial score (nSPS) is 19.5. The van der Waals surface area contributed by atoms with E-state index >= 15 is 0 Å². The summed E-state index contributed by atoms with van der Waals surface area (Å²) in [5.74, 6) is -0.421. The van der Waals surface area contributed by atoms with E-state index in [0.717, 1.165) is 42.6 Å². The average molecular weight is 300 g/mol. The van der Waals surface area contributed by atoms with Gasteiger partial charge in [-0.25, -0.2) is 4.39 Å². The predicted octanol–water partition coefficient (Wildman–Crippen LogP) is 2.21. The highest BCUT2D eigenvalue weighted by atomic mass is 19.1. The van der Waals surface area contributed by atoms with Gasteiger partial charge in [0.1, 0.15) is 5.82 Å². The van der Waals surface area contributed by atoms with Crippen LogP contribution < -0.4 is 10.9 Å². The van der Waals surface area contributed by atoms with Gasteiger partial charge < -0.3 is 5.32 Å². The SMILES string of the molecule is CCCCN1Cc2nnc(=O)c3cc(F)cc4c3c2C(C1)N4. The van der Waals surface area contributed by atoms with Crippen LogP contribution in [0.4, 0.5) is 10.1 Å². The van der Waals surface area contributed by atoms with Crippen molar-refractivity contribution >= 4 is 16.5 Å². The highest BCUT2D eigenvalue weighted by molar-refractivity contribution is 5.99. The Bertz CT molecular complexity index is 823. The molecule has 0 bridgehead atoms. The number of hydrogen-bond acceptors (Lipinski definition) is 5. The number of rotatable bonds is 3. The number of benzene rings is 1. The number of anilines is 1. The molecule has 1 atom stereocenters. The van der Waals surface area contributed by atoms with Crippen LogP contribution in [0.15, 0.2) is 16.9 Å². The lowest BCUT2D eigenvalue weighted by Crippen LogP contribution is -2.36. The van der Waals surface area contributed by atoms with Crippen LogP contribution in [0.2, 0.25) is 0 Å². The topological polar surface area (TPSA) is 58.1 Å². The number of aromatic nitrogens is 2. The van der Waals surface area contributed by atoms with E-state index in [0.29, 0.717) is 17.6 Å². The van der Waals surface area contributed by atoms with E-state index in [2.05, 4.69) is 27.3 Å². The second-order valence-electron chi connectivity index (χ2n) is 6.03. The van der Waals surface area contributed by atoms with E-state index in [1.54, 1.807) is 0 Å². The average Bonchev–Trinajstić information content (AvgIpc) is 2.79. The maximum absolute atomic E-state index is 13.8. The smallest absolute Gasteiger partial charge is 0.296 e. The van der Waals surface area contributed by atoms with Gasteiger partial charge >= 0.3 is 0 Å². The summed E-state index contributed by atoms with van der Waals surface area (Å²) < 4.78 is 13.8. The van der Waals surface area contributed by atoms with Crippen molar-refractivity contribution in [3.63, 3.8) is 0 Å². The number of nitrogens with zero attached hydrogens (tertiary/aromatic N) is 3. The molecule has 3 heterocycles. The Morgan fingerprint density at radius 3 is 3.09 bits per heavy atom. The summed E-state index contributed by atoms with van der Waals surface area (Å²) in [4.78, 5) is 14.4. The van der Waals surface area contributed by atoms with Crippen molar-refractivity contribution in [2.24, 2.45) is 0 Å². The van der Waals surface area contributed by atoms with Crippen molar-refractivity contribution in [3.05, 3.63) is 39.6 Å². The lowest BCUT2D eigenvalue weighted by atomic mass is 9.98. The Balaban J connectivity index is 1.91. The fourth-order valence-corrected chi connectivity index (χ4v) is 3.51. The molecule has 1 aromatic heterocycles. The maximum atomic E-state index is 13.8. The van der Waals surface area contributed by atoms with E-state index in [9.17, 15) is 9.18 Å². The van der Waals surface area contributed by atoms with Crippen LogP contribution in [-0.2, 0) is 6.54 Å². The minimum atomic E-state index is -0.465. The van der Waals surface area contributed by atoms with Gasteiger partial charge in [-0.05, 0) is 25.1 Å². The number of halogens is 1. The molecule has 0 amide bonds. The van der Waals surface area contributed by atoms with Crippen molar-refractivity contribution in [1.29, 1.82) is 0 Å². The molecule has 1 unspecified atom stereocenters. The first-order valence-electron chi connectivity index (χ1n) is 7.69. The summed E-state index contributed by atoms with van der Waals surface area (Å²) in [5.41, 5.74) is 2.07.